The minimum Gasteiger partial charge on any atom is -0.481 e. The van der Waals surface area contributed by atoms with E-state index in [1.807, 2.05) is 6.07 Å². The van der Waals surface area contributed by atoms with Gasteiger partial charge in [0.25, 0.3) is 0 Å². The second kappa shape index (κ2) is 5.68. The number of aromatic nitrogens is 1. The first-order chi connectivity index (χ1) is 9.99. The van der Waals surface area contributed by atoms with Gasteiger partial charge in [-0.2, -0.15) is 0 Å². The largest absolute Gasteiger partial charge is 0.481 e. The van der Waals surface area contributed by atoms with Crippen LogP contribution in [0.2, 0.25) is 0 Å². The Morgan fingerprint density at radius 1 is 1.33 bits per heavy atom. The number of halogens is 2. The van der Waals surface area contributed by atoms with E-state index in [0.29, 0.717) is 18.5 Å². The van der Waals surface area contributed by atoms with E-state index in [9.17, 15) is 14.7 Å². The maximum Gasteiger partial charge on any atom is 0.309 e. The predicted octanol–water partition coefficient (Wildman–Crippen LogP) is 3.13. The van der Waals surface area contributed by atoms with Crippen LogP contribution in [0.15, 0.2) is 21.2 Å². The van der Waals surface area contributed by atoms with Gasteiger partial charge in [0, 0.05) is 27.6 Å². The lowest BCUT2D eigenvalue weighted by Gasteiger charge is -2.39. The third kappa shape index (κ3) is 2.85. The van der Waals surface area contributed by atoms with Gasteiger partial charge in [0.05, 0.1) is 17.7 Å². The van der Waals surface area contributed by atoms with Gasteiger partial charge in [0.2, 0.25) is 5.91 Å². The molecule has 1 N–H and O–H groups in total. The van der Waals surface area contributed by atoms with Crippen LogP contribution < -0.4 is 0 Å². The van der Waals surface area contributed by atoms with Gasteiger partial charge in [-0.1, -0.05) is 0 Å². The van der Waals surface area contributed by atoms with E-state index in [0.717, 1.165) is 21.8 Å². The number of carboxylic acids is 1. The lowest BCUT2D eigenvalue weighted by Crippen LogP contribution is -2.46. The van der Waals surface area contributed by atoms with Crippen molar-refractivity contribution in [3.63, 3.8) is 0 Å². The maximum absolute atomic E-state index is 12.3. The zero-order valence-electron chi connectivity index (χ0n) is 11.1. The van der Waals surface area contributed by atoms with E-state index >= 15 is 0 Å². The first-order valence-electron chi connectivity index (χ1n) is 6.84. The number of carbonyl (C=O) groups excluding carboxylic acids is 1. The summed E-state index contributed by atoms with van der Waals surface area (Å²) in [5, 5.41) is 9.53. The summed E-state index contributed by atoms with van der Waals surface area (Å²) in [6.45, 7) is 0. The third-order valence-corrected chi connectivity index (χ3v) is 5.08. The van der Waals surface area contributed by atoms with E-state index in [1.165, 1.54) is 0 Å². The summed E-state index contributed by atoms with van der Waals surface area (Å²) >= 11 is 6.80. The standard InChI is InChI=1S/C14H14Br2N2O3/c15-7-5-10(16)12(17-6-7)13-9(14(20)21)3-4-11(19)18(13)8-1-2-8/h5-6,8-9,13H,1-4H2,(H,20,21). The Labute approximate surface area is 139 Å². The zero-order chi connectivity index (χ0) is 15.1. The Hall–Kier alpha value is -0.950. The normalized spacial score (nSPS) is 26.0. The van der Waals surface area contributed by atoms with E-state index in [-0.39, 0.29) is 11.9 Å². The fourth-order valence-electron chi connectivity index (χ4n) is 2.92. The average Bonchev–Trinajstić information content (AvgIpc) is 3.22. The summed E-state index contributed by atoms with van der Waals surface area (Å²) in [5.41, 5.74) is 0.630. The van der Waals surface area contributed by atoms with E-state index < -0.39 is 17.9 Å². The number of nitrogens with zero attached hydrogens (tertiary/aromatic N) is 2. The number of hydrogen-bond acceptors (Lipinski definition) is 3. The van der Waals surface area contributed by atoms with Crippen LogP contribution >= 0.6 is 31.9 Å². The molecule has 1 amide bonds. The van der Waals surface area contributed by atoms with Gasteiger partial charge in [0.1, 0.15) is 0 Å². The number of rotatable bonds is 3. The summed E-state index contributed by atoms with van der Waals surface area (Å²) in [5.74, 6) is -1.43. The summed E-state index contributed by atoms with van der Waals surface area (Å²) in [7, 11) is 0. The highest BCUT2D eigenvalue weighted by atomic mass is 79.9. The molecule has 0 bridgehead atoms. The summed E-state index contributed by atoms with van der Waals surface area (Å²) in [6.07, 6.45) is 4.21. The predicted molar refractivity (Wildman–Crippen MR) is 82.6 cm³/mol. The Kier molecular flexibility index (Phi) is 4.05. The van der Waals surface area contributed by atoms with Crippen molar-refractivity contribution in [3.05, 3.63) is 26.9 Å². The first-order valence-corrected chi connectivity index (χ1v) is 8.42. The van der Waals surface area contributed by atoms with E-state index in [2.05, 4.69) is 36.8 Å². The molecule has 1 aromatic rings. The number of pyridine rings is 1. The van der Waals surface area contributed by atoms with Gasteiger partial charge in [-0.15, -0.1) is 0 Å². The molecule has 0 radical (unpaired) electrons. The SMILES string of the molecule is O=C(O)C1CCC(=O)N(C2CC2)C1c1ncc(Br)cc1Br. The summed E-state index contributed by atoms with van der Waals surface area (Å²) < 4.78 is 1.54. The maximum atomic E-state index is 12.3. The van der Waals surface area contributed by atoms with Crippen LogP contribution in [0, 0.1) is 5.92 Å². The van der Waals surface area contributed by atoms with Gasteiger partial charge < -0.3 is 10.0 Å². The molecule has 2 aliphatic rings. The average molecular weight is 418 g/mol. The van der Waals surface area contributed by atoms with Gasteiger partial charge >= 0.3 is 5.97 Å². The highest BCUT2D eigenvalue weighted by molar-refractivity contribution is 9.11. The molecular formula is C14H14Br2N2O3. The van der Waals surface area contributed by atoms with Crippen molar-refractivity contribution in [3.8, 4) is 0 Å². The van der Waals surface area contributed by atoms with Crippen LogP contribution in [-0.4, -0.2) is 32.9 Å². The second-order valence-electron chi connectivity index (χ2n) is 5.48. The molecular weight excluding hydrogens is 404 g/mol. The number of carboxylic acid groups (broad SMARTS) is 1. The van der Waals surface area contributed by atoms with Crippen molar-refractivity contribution in [2.45, 2.75) is 37.8 Å². The Bertz CT molecular complexity index is 604. The van der Waals surface area contributed by atoms with Gasteiger partial charge in [-0.25, -0.2) is 0 Å². The van der Waals surface area contributed by atoms with Crippen molar-refractivity contribution in [2.24, 2.45) is 5.92 Å². The summed E-state index contributed by atoms with van der Waals surface area (Å²) in [6, 6.07) is 1.52. The van der Waals surface area contributed by atoms with Crippen LogP contribution in [0.25, 0.3) is 0 Å². The minimum atomic E-state index is -0.866. The van der Waals surface area contributed by atoms with Crippen LogP contribution in [0.1, 0.15) is 37.4 Å². The van der Waals surface area contributed by atoms with Crippen LogP contribution in [0.3, 0.4) is 0 Å². The van der Waals surface area contributed by atoms with Gasteiger partial charge in [0.15, 0.2) is 0 Å². The molecule has 3 rings (SSSR count). The molecule has 112 valence electrons. The van der Waals surface area contributed by atoms with E-state index in [4.69, 9.17) is 0 Å². The number of carbonyl (C=O) groups is 2. The molecule has 2 unspecified atom stereocenters. The molecule has 5 nitrogen and oxygen atoms in total. The molecule has 1 aliphatic carbocycles. The van der Waals surface area contributed by atoms with Crippen molar-refractivity contribution in [1.82, 2.24) is 9.88 Å². The quantitative estimate of drug-likeness (QED) is 0.819. The zero-order valence-corrected chi connectivity index (χ0v) is 14.3. The second-order valence-corrected chi connectivity index (χ2v) is 7.25. The van der Waals surface area contributed by atoms with Crippen LogP contribution in [-0.2, 0) is 9.59 Å². The Balaban J connectivity index is 2.06. The number of likely N-dealkylation sites (tertiary alicyclic amines) is 1. The van der Waals surface area contributed by atoms with Crippen LogP contribution in [0.5, 0.6) is 0 Å². The smallest absolute Gasteiger partial charge is 0.309 e. The molecule has 1 saturated heterocycles. The molecule has 2 atom stereocenters. The van der Waals surface area contributed by atoms with Crippen molar-refractivity contribution in [2.75, 3.05) is 0 Å². The molecule has 7 heteroatoms. The molecule has 1 aliphatic heterocycles. The lowest BCUT2D eigenvalue weighted by atomic mass is 9.86. The molecule has 1 aromatic heterocycles. The molecule has 0 spiro atoms. The topological polar surface area (TPSA) is 70.5 Å². The number of hydrogen-bond donors (Lipinski definition) is 1. The monoisotopic (exact) mass is 416 g/mol. The fourth-order valence-corrected chi connectivity index (χ4v) is 4.14. The fraction of sp³-hybridized carbons (Fsp3) is 0.500. The number of piperidine rings is 1. The van der Waals surface area contributed by atoms with Crippen molar-refractivity contribution >= 4 is 43.7 Å². The molecule has 2 heterocycles. The minimum absolute atomic E-state index is 0.0385. The molecule has 1 saturated carbocycles. The molecule has 21 heavy (non-hydrogen) atoms. The van der Waals surface area contributed by atoms with Crippen molar-refractivity contribution in [1.29, 1.82) is 0 Å². The number of amides is 1. The van der Waals surface area contributed by atoms with Gasteiger partial charge in [-0.05, 0) is 57.2 Å². The Morgan fingerprint density at radius 3 is 2.62 bits per heavy atom. The van der Waals surface area contributed by atoms with Crippen molar-refractivity contribution < 1.29 is 14.7 Å². The molecule has 2 fully saturated rings. The lowest BCUT2D eigenvalue weighted by molar-refractivity contribution is -0.152. The van der Waals surface area contributed by atoms with Gasteiger partial charge in [-0.3, -0.25) is 14.6 Å². The van der Waals surface area contributed by atoms with E-state index in [1.54, 1.807) is 11.1 Å². The van der Waals surface area contributed by atoms with Crippen LogP contribution in [0.4, 0.5) is 0 Å². The first kappa shape index (κ1) is 15.0. The highest BCUT2D eigenvalue weighted by Gasteiger charge is 2.47. The number of aliphatic carboxylic acids is 1. The summed E-state index contributed by atoms with van der Waals surface area (Å²) in [4.78, 5) is 30.0. The highest BCUT2D eigenvalue weighted by Crippen LogP contribution is 2.44. The third-order valence-electron chi connectivity index (χ3n) is 4.01. The Morgan fingerprint density at radius 2 is 2.05 bits per heavy atom. The molecule has 0 aromatic carbocycles.